The first-order valence-electron chi connectivity index (χ1n) is 9.10. The molecule has 150 valence electrons. The van der Waals surface area contributed by atoms with E-state index in [1.807, 2.05) is 24.3 Å². The first kappa shape index (κ1) is 20.8. The summed E-state index contributed by atoms with van der Waals surface area (Å²) in [5, 5.41) is 0. The first-order valence-corrected chi connectivity index (χ1v) is 9.10. The Morgan fingerprint density at radius 3 is 2.72 bits per heavy atom. The fraction of sp³-hybridized carbons (Fsp3) is 0.182. The Hall–Kier alpha value is -2.96. The van der Waals surface area contributed by atoms with Gasteiger partial charge in [-0.15, -0.1) is 12.4 Å². The molecule has 1 aromatic heterocycles. The first-order chi connectivity index (χ1) is 13.7. The third-order valence-corrected chi connectivity index (χ3v) is 4.82. The molecule has 0 saturated heterocycles. The molecule has 0 spiro atoms. The standard InChI is InChI=1S/C22H20FN3O2.ClH/c23-18-6-4-16(5-7-18)19-8-9-25-21-20(19)14-26(10-11-28-21)22(27)17-3-1-2-15(12-17)13-24;/h1-9,12H,10-11,13-14,24H2;1H. The monoisotopic (exact) mass is 413 g/mol. The fourth-order valence-electron chi connectivity index (χ4n) is 3.36. The Kier molecular flexibility index (Phi) is 6.46. The molecule has 0 aliphatic carbocycles. The number of hydrogen-bond donors (Lipinski definition) is 1. The van der Waals surface area contributed by atoms with Crippen LogP contribution in [-0.4, -0.2) is 28.9 Å². The Morgan fingerprint density at radius 2 is 1.97 bits per heavy atom. The molecule has 2 heterocycles. The highest BCUT2D eigenvalue weighted by Crippen LogP contribution is 2.32. The second-order valence-corrected chi connectivity index (χ2v) is 6.63. The van der Waals surface area contributed by atoms with Crippen LogP contribution in [0.3, 0.4) is 0 Å². The van der Waals surface area contributed by atoms with Crippen LogP contribution in [-0.2, 0) is 13.1 Å². The average molecular weight is 414 g/mol. The van der Waals surface area contributed by atoms with E-state index in [1.54, 1.807) is 29.3 Å². The van der Waals surface area contributed by atoms with Crippen LogP contribution in [0.25, 0.3) is 11.1 Å². The SMILES string of the molecule is Cl.NCc1cccc(C(=O)N2CCOc3nccc(-c4ccc(F)cc4)c3C2)c1. The maximum atomic E-state index is 13.3. The summed E-state index contributed by atoms with van der Waals surface area (Å²) in [5.74, 6) is 0.130. The lowest BCUT2D eigenvalue weighted by atomic mass is 10.0. The Labute approximate surface area is 174 Å². The van der Waals surface area contributed by atoms with E-state index in [2.05, 4.69) is 4.98 Å². The van der Waals surface area contributed by atoms with Crippen molar-refractivity contribution in [1.29, 1.82) is 0 Å². The number of hydrogen-bond acceptors (Lipinski definition) is 4. The van der Waals surface area contributed by atoms with Gasteiger partial charge in [-0.1, -0.05) is 24.3 Å². The van der Waals surface area contributed by atoms with Gasteiger partial charge in [0.1, 0.15) is 12.4 Å². The second-order valence-electron chi connectivity index (χ2n) is 6.63. The summed E-state index contributed by atoms with van der Waals surface area (Å²) in [4.78, 5) is 19.2. The molecule has 7 heteroatoms. The minimum atomic E-state index is -0.295. The molecule has 2 aromatic carbocycles. The lowest BCUT2D eigenvalue weighted by Crippen LogP contribution is -2.32. The van der Waals surface area contributed by atoms with Crippen LogP contribution in [0.2, 0.25) is 0 Å². The van der Waals surface area contributed by atoms with Crippen LogP contribution in [0.4, 0.5) is 4.39 Å². The molecule has 1 amide bonds. The summed E-state index contributed by atoms with van der Waals surface area (Å²) in [6.45, 7) is 1.55. The molecule has 0 fully saturated rings. The minimum absolute atomic E-state index is 0. The lowest BCUT2D eigenvalue weighted by molar-refractivity contribution is 0.0733. The van der Waals surface area contributed by atoms with Gasteiger partial charge in [0, 0.05) is 23.9 Å². The van der Waals surface area contributed by atoms with Crippen molar-refractivity contribution in [2.24, 2.45) is 5.73 Å². The molecule has 0 bridgehead atoms. The van der Waals surface area contributed by atoms with Crippen molar-refractivity contribution in [2.45, 2.75) is 13.1 Å². The van der Waals surface area contributed by atoms with Gasteiger partial charge in [0.15, 0.2) is 0 Å². The molecule has 4 rings (SSSR count). The molecule has 5 nitrogen and oxygen atoms in total. The van der Waals surface area contributed by atoms with E-state index in [-0.39, 0.29) is 24.1 Å². The van der Waals surface area contributed by atoms with Crippen molar-refractivity contribution in [3.05, 3.63) is 83.3 Å². The number of carbonyl (C=O) groups excluding carboxylic acids is 1. The number of halogens is 2. The van der Waals surface area contributed by atoms with Crippen molar-refractivity contribution in [3.63, 3.8) is 0 Å². The van der Waals surface area contributed by atoms with Crippen molar-refractivity contribution < 1.29 is 13.9 Å². The molecule has 0 atom stereocenters. The normalized spacial score (nSPS) is 13.0. The largest absolute Gasteiger partial charge is 0.476 e. The Bertz CT molecular complexity index is 1010. The molecule has 3 aromatic rings. The maximum Gasteiger partial charge on any atom is 0.254 e. The van der Waals surface area contributed by atoms with Gasteiger partial charge < -0.3 is 15.4 Å². The third kappa shape index (κ3) is 4.39. The number of ether oxygens (including phenoxy) is 1. The average Bonchev–Trinajstić information content (AvgIpc) is 2.96. The summed E-state index contributed by atoms with van der Waals surface area (Å²) in [6, 6.07) is 15.5. The van der Waals surface area contributed by atoms with Gasteiger partial charge in [0.2, 0.25) is 5.88 Å². The van der Waals surface area contributed by atoms with Crippen molar-refractivity contribution in [1.82, 2.24) is 9.88 Å². The zero-order valence-electron chi connectivity index (χ0n) is 15.7. The number of pyridine rings is 1. The molecule has 2 N–H and O–H groups in total. The van der Waals surface area contributed by atoms with E-state index in [4.69, 9.17) is 10.5 Å². The Balaban J connectivity index is 0.00000240. The van der Waals surface area contributed by atoms with Crippen LogP contribution in [0.15, 0.2) is 60.8 Å². The summed E-state index contributed by atoms with van der Waals surface area (Å²) in [6.07, 6.45) is 1.67. The number of amides is 1. The highest BCUT2D eigenvalue weighted by atomic mass is 35.5. The number of carbonyl (C=O) groups is 1. The van der Waals surface area contributed by atoms with E-state index in [0.29, 0.717) is 37.7 Å². The molecular formula is C22H21ClFN3O2. The quantitative estimate of drug-likeness (QED) is 0.709. The fourth-order valence-corrected chi connectivity index (χ4v) is 3.36. The van der Waals surface area contributed by atoms with Crippen LogP contribution in [0, 0.1) is 5.82 Å². The highest BCUT2D eigenvalue weighted by molar-refractivity contribution is 5.94. The van der Waals surface area contributed by atoms with Crippen molar-refractivity contribution in [2.75, 3.05) is 13.2 Å². The van der Waals surface area contributed by atoms with Crippen LogP contribution in [0.1, 0.15) is 21.5 Å². The van der Waals surface area contributed by atoms with E-state index in [9.17, 15) is 9.18 Å². The molecule has 1 aliphatic rings. The zero-order valence-corrected chi connectivity index (χ0v) is 16.5. The predicted octanol–water partition coefficient (Wildman–Crippen LogP) is 3.80. The molecule has 29 heavy (non-hydrogen) atoms. The molecule has 0 saturated carbocycles. The molecule has 0 unspecified atom stereocenters. The lowest BCUT2D eigenvalue weighted by Gasteiger charge is -2.21. The third-order valence-electron chi connectivity index (χ3n) is 4.82. The highest BCUT2D eigenvalue weighted by Gasteiger charge is 2.24. The van der Waals surface area contributed by atoms with Gasteiger partial charge in [0.25, 0.3) is 5.91 Å². The van der Waals surface area contributed by atoms with Crippen LogP contribution >= 0.6 is 12.4 Å². The Morgan fingerprint density at radius 1 is 1.17 bits per heavy atom. The smallest absolute Gasteiger partial charge is 0.254 e. The van der Waals surface area contributed by atoms with E-state index >= 15 is 0 Å². The maximum absolute atomic E-state index is 13.3. The second kappa shape index (κ2) is 9.03. The number of nitrogens with zero attached hydrogens (tertiary/aromatic N) is 2. The molecule has 1 aliphatic heterocycles. The van der Waals surface area contributed by atoms with E-state index < -0.39 is 0 Å². The molecular weight excluding hydrogens is 393 g/mol. The predicted molar refractivity (Wildman–Crippen MR) is 111 cm³/mol. The zero-order chi connectivity index (χ0) is 19.5. The number of fused-ring (bicyclic) bond motifs is 1. The minimum Gasteiger partial charge on any atom is -0.476 e. The van der Waals surface area contributed by atoms with E-state index in [0.717, 1.165) is 22.3 Å². The van der Waals surface area contributed by atoms with Gasteiger partial charge in [-0.25, -0.2) is 9.37 Å². The van der Waals surface area contributed by atoms with Gasteiger partial charge in [-0.2, -0.15) is 0 Å². The summed E-state index contributed by atoms with van der Waals surface area (Å²) in [5.41, 5.74) is 9.75. The summed E-state index contributed by atoms with van der Waals surface area (Å²) < 4.78 is 19.1. The summed E-state index contributed by atoms with van der Waals surface area (Å²) >= 11 is 0. The number of rotatable bonds is 3. The van der Waals surface area contributed by atoms with Gasteiger partial charge in [0.05, 0.1) is 13.1 Å². The van der Waals surface area contributed by atoms with Gasteiger partial charge in [-0.3, -0.25) is 4.79 Å². The van der Waals surface area contributed by atoms with E-state index in [1.165, 1.54) is 12.1 Å². The van der Waals surface area contributed by atoms with Gasteiger partial charge in [-0.05, 0) is 47.0 Å². The topological polar surface area (TPSA) is 68.5 Å². The van der Waals surface area contributed by atoms with Crippen LogP contribution < -0.4 is 10.5 Å². The number of nitrogens with two attached hydrogens (primary N) is 1. The summed E-state index contributed by atoms with van der Waals surface area (Å²) in [7, 11) is 0. The van der Waals surface area contributed by atoms with Crippen LogP contribution in [0.5, 0.6) is 5.88 Å². The van der Waals surface area contributed by atoms with Gasteiger partial charge >= 0.3 is 0 Å². The molecule has 0 radical (unpaired) electrons. The van der Waals surface area contributed by atoms with Crippen molar-refractivity contribution >= 4 is 18.3 Å². The number of aromatic nitrogens is 1. The van der Waals surface area contributed by atoms with Crippen molar-refractivity contribution in [3.8, 4) is 17.0 Å². The number of benzene rings is 2.